The van der Waals surface area contributed by atoms with E-state index in [4.69, 9.17) is 20.7 Å². The third-order valence-corrected chi connectivity index (χ3v) is 8.62. The Morgan fingerprint density at radius 2 is 1.55 bits per heavy atom. The fourth-order valence-electron chi connectivity index (χ4n) is 6.24. The molecule has 0 unspecified atom stereocenters. The molecule has 3 amide bonds. The Morgan fingerprint density at radius 1 is 0.850 bits per heavy atom. The topological polar surface area (TPSA) is 143 Å². The smallest absolute Gasteiger partial charge is 0.324 e. The van der Waals surface area contributed by atoms with E-state index in [1.54, 1.807) is 29.2 Å². The summed E-state index contributed by atoms with van der Waals surface area (Å²) in [5, 5.41) is 9.72. The van der Waals surface area contributed by atoms with Gasteiger partial charge in [-0.05, 0) is 63.5 Å². The molecule has 11 heteroatoms. The minimum atomic E-state index is -0.382. The monoisotopic (exact) mass is 545 g/mol. The maximum absolute atomic E-state index is 12.7. The Balaban J connectivity index is 1.14. The number of rotatable bonds is 6. The number of anilines is 2. The molecule has 11 nitrogen and oxygen atoms in total. The second-order valence-electron chi connectivity index (χ2n) is 11.4. The lowest BCUT2D eigenvalue weighted by molar-refractivity contribution is 0.0948. The molecule has 3 fully saturated rings. The number of imide groups is 1. The first-order chi connectivity index (χ1) is 19.5. The lowest BCUT2D eigenvalue weighted by Gasteiger charge is -2.32. The van der Waals surface area contributed by atoms with Crippen LogP contribution in [0.2, 0.25) is 0 Å². The zero-order chi connectivity index (χ0) is 27.5. The van der Waals surface area contributed by atoms with E-state index in [1.807, 2.05) is 12.4 Å². The van der Waals surface area contributed by atoms with Crippen LogP contribution in [0.25, 0.3) is 11.2 Å². The number of carbonyl (C=O) groups is 2. The number of fused-ring (bicyclic) bond motifs is 1. The number of aromatic nitrogens is 4. The molecule has 0 spiro atoms. The van der Waals surface area contributed by atoms with Gasteiger partial charge in [-0.25, -0.2) is 9.78 Å². The molecule has 0 radical (unpaired) electrons. The third kappa shape index (κ3) is 5.89. The van der Waals surface area contributed by atoms with Crippen LogP contribution in [-0.4, -0.2) is 67.6 Å². The summed E-state index contributed by atoms with van der Waals surface area (Å²) < 4.78 is 2.23. The lowest BCUT2D eigenvalue weighted by Crippen LogP contribution is -2.48. The molecule has 6 rings (SSSR count). The van der Waals surface area contributed by atoms with E-state index >= 15 is 0 Å². The Morgan fingerprint density at radius 3 is 2.27 bits per heavy atom. The predicted molar refractivity (Wildman–Crippen MR) is 154 cm³/mol. The Bertz CT molecular complexity index is 1320. The molecule has 3 heterocycles. The van der Waals surface area contributed by atoms with Crippen molar-refractivity contribution in [2.24, 2.45) is 5.73 Å². The number of amides is 3. The second-order valence-corrected chi connectivity index (χ2v) is 11.4. The standard InChI is InChI=1S/C29H39N9O2/c30-20-10-12-21(13-11-20)33-28-34-25(24-26(35-28)38(18-31-24)23-8-4-5-9-23)32-22-14-16-37(17-15-22)29(40)36-27(39)19-6-2-1-3-7-19/h1-3,6-7,18,20-23H,4-5,8-17,30H2,(H,36,39,40)(H2,32,33,34,35). The Kier molecular flexibility index (Phi) is 7.81. The molecule has 40 heavy (non-hydrogen) atoms. The van der Waals surface area contributed by atoms with Crippen LogP contribution >= 0.6 is 0 Å². The summed E-state index contributed by atoms with van der Waals surface area (Å²) in [7, 11) is 0. The molecule has 1 saturated heterocycles. The highest BCUT2D eigenvalue weighted by Crippen LogP contribution is 2.34. The largest absolute Gasteiger partial charge is 0.365 e. The van der Waals surface area contributed by atoms with Gasteiger partial charge >= 0.3 is 6.03 Å². The van der Waals surface area contributed by atoms with Gasteiger partial charge in [-0.15, -0.1) is 0 Å². The van der Waals surface area contributed by atoms with Gasteiger partial charge in [0.25, 0.3) is 5.91 Å². The fourth-order valence-corrected chi connectivity index (χ4v) is 6.24. The molecule has 3 aromatic rings. The highest BCUT2D eigenvalue weighted by atomic mass is 16.2. The van der Waals surface area contributed by atoms with Gasteiger partial charge in [0.05, 0.1) is 6.33 Å². The van der Waals surface area contributed by atoms with Crippen LogP contribution in [0.3, 0.4) is 0 Å². The van der Waals surface area contributed by atoms with Crippen LogP contribution in [0, 0.1) is 0 Å². The fraction of sp³-hybridized carbons (Fsp3) is 0.552. The van der Waals surface area contributed by atoms with Crippen LogP contribution < -0.4 is 21.7 Å². The quantitative estimate of drug-likeness (QED) is 0.363. The maximum atomic E-state index is 12.7. The number of urea groups is 1. The van der Waals surface area contributed by atoms with Crippen molar-refractivity contribution < 1.29 is 9.59 Å². The summed E-state index contributed by atoms with van der Waals surface area (Å²) in [6.45, 7) is 1.09. The van der Waals surface area contributed by atoms with Crippen molar-refractivity contribution in [3.8, 4) is 0 Å². The number of likely N-dealkylation sites (tertiary alicyclic amines) is 1. The number of imidazole rings is 1. The highest BCUT2D eigenvalue weighted by molar-refractivity contribution is 6.04. The second kappa shape index (κ2) is 11.8. The average molecular weight is 546 g/mol. The molecule has 212 valence electrons. The summed E-state index contributed by atoms with van der Waals surface area (Å²) in [6.07, 6.45) is 12.2. The Hall–Kier alpha value is -3.73. The number of benzene rings is 1. The van der Waals surface area contributed by atoms with Crippen LogP contribution in [-0.2, 0) is 0 Å². The molecule has 0 bridgehead atoms. The molecule has 0 atom stereocenters. The summed E-state index contributed by atoms with van der Waals surface area (Å²) in [5.41, 5.74) is 8.25. The zero-order valence-electron chi connectivity index (χ0n) is 22.9. The van der Waals surface area contributed by atoms with E-state index in [0.29, 0.717) is 36.7 Å². The summed E-state index contributed by atoms with van der Waals surface area (Å²) in [5.74, 6) is 0.984. The molecule has 5 N–H and O–H groups in total. The Labute approximate surface area is 234 Å². The van der Waals surface area contributed by atoms with Crippen LogP contribution in [0.15, 0.2) is 36.7 Å². The molecule has 2 aromatic heterocycles. The molecule has 3 aliphatic rings. The lowest BCUT2D eigenvalue weighted by atomic mass is 9.92. The van der Waals surface area contributed by atoms with E-state index in [-0.39, 0.29) is 24.0 Å². The van der Waals surface area contributed by atoms with Crippen molar-refractivity contribution in [3.05, 3.63) is 42.2 Å². The van der Waals surface area contributed by atoms with Gasteiger partial charge in [-0.2, -0.15) is 9.97 Å². The van der Waals surface area contributed by atoms with Gasteiger partial charge in [0.1, 0.15) is 0 Å². The van der Waals surface area contributed by atoms with Crippen molar-refractivity contribution >= 4 is 34.9 Å². The van der Waals surface area contributed by atoms with Crippen molar-refractivity contribution in [2.75, 3.05) is 23.7 Å². The number of carbonyl (C=O) groups excluding carboxylic acids is 2. The van der Waals surface area contributed by atoms with Gasteiger partial charge in [-0.3, -0.25) is 10.1 Å². The van der Waals surface area contributed by atoms with Crippen LogP contribution in [0.4, 0.5) is 16.6 Å². The van der Waals surface area contributed by atoms with Gasteiger partial charge < -0.3 is 25.8 Å². The normalized spacial score (nSPS) is 22.4. The first-order valence-electron chi connectivity index (χ1n) is 14.7. The van der Waals surface area contributed by atoms with Crippen molar-refractivity contribution in [1.29, 1.82) is 0 Å². The maximum Gasteiger partial charge on any atom is 0.324 e. The van der Waals surface area contributed by atoms with Gasteiger partial charge in [0.2, 0.25) is 5.95 Å². The minimum Gasteiger partial charge on any atom is -0.365 e. The van der Waals surface area contributed by atoms with Crippen molar-refractivity contribution in [3.63, 3.8) is 0 Å². The van der Waals surface area contributed by atoms with Crippen LogP contribution in [0.1, 0.15) is 80.6 Å². The number of nitrogens with zero attached hydrogens (tertiary/aromatic N) is 5. The van der Waals surface area contributed by atoms with Gasteiger partial charge in [0.15, 0.2) is 17.0 Å². The van der Waals surface area contributed by atoms with E-state index in [1.165, 1.54) is 12.8 Å². The number of nitrogens with one attached hydrogen (secondary N) is 3. The summed E-state index contributed by atoms with van der Waals surface area (Å²) in [4.78, 5) is 41.4. The molecule has 1 aromatic carbocycles. The van der Waals surface area contributed by atoms with E-state index < -0.39 is 0 Å². The number of piperidine rings is 1. The third-order valence-electron chi connectivity index (χ3n) is 8.62. The first kappa shape index (κ1) is 26.5. The SMILES string of the molecule is NC1CCC(Nc2nc(NC3CCN(C(=O)NC(=O)c4ccccc4)CC3)c3ncn(C4CCCC4)c3n2)CC1. The van der Waals surface area contributed by atoms with Gasteiger partial charge in [-0.1, -0.05) is 31.0 Å². The number of hydrogen-bond donors (Lipinski definition) is 4. The predicted octanol–water partition coefficient (Wildman–Crippen LogP) is 4.05. The first-order valence-corrected chi connectivity index (χ1v) is 14.7. The highest BCUT2D eigenvalue weighted by Gasteiger charge is 2.27. The van der Waals surface area contributed by atoms with E-state index in [2.05, 4.69) is 20.5 Å². The average Bonchev–Trinajstić information content (AvgIpc) is 3.65. The molecule has 1 aliphatic heterocycles. The zero-order valence-corrected chi connectivity index (χ0v) is 22.9. The van der Waals surface area contributed by atoms with Gasteiger partial charge in [0, 0.05) is 42.8 Å². The summed E-state index contributed by atoms with van der Waals surface area (Å²) >= 11 is 0. The molecule has 2 saturated carbocycles. The van der Waals surface area contributed by atoms with E-state index in [0.717, 1.165) is 68.3 Å². The summed E-state index contributed by atoms with van der Waals surface area (Å²) in [6, 6.07) is 9.59. The van der Waals surface area contributed by atoms with Crippen molar-refractivity contribution in [2.45, 2.75) is 88.4 Å². The molecule has 2 aliphatic carbocycles. The van der Waals surface area contributed by atoms with Crippen LogP contribution in [0.5, 0.6) is 0 Å². The van der Waals surface area contributed by atoms with E-state index in [9.17, 15) is 9.59 Å². The van der Waals surface area contributed by atoms with Crippen molar-refractivity contribution in [1.82, 2.24) is 29.7 Å². The number of nitrogens with two attached hydrogens (primary N) is 1. The molecular weight excluding hydrogens is 506 g/mol. The minimum absolute atomic E-state index is 0.129. The molecular formula is C29H39N9O2. The number of hydrogen-bond acceptors (Lipinski definition) is 8.